The van der Waals surface area contributed by atoms with Crippen molar-refractivity contribution in [2.24, 2.45) is 11.7 Å². The Bertz CT molecular complexity index is 256. The van der Waals surface area contributed by atoms with Gasteiger partial charge in [0.2, 0.25) is 0 Å². The molecule has 0 aromatic carbocycles. The van der Waals surface area contributed by atoms with E-state index in [-0.39, 0.29) is 0 Å². The van der Waals surface area contributed by atoms with Gasteiger partial charge in [-0.05, 0) is 38.3 Å². The van der Waals surface area contributed by atoms with Crippen molar-refractivity contribution in [3.63, 3.8) is 0 Å². The molecule has 1 heterocycles. The predicted molar refractivity (Wildman–Crippen MR) is 75.1 cm³/mol. The third-order valence-corrected chi connectivity index (χ3v) is 3.66. The summed E-state index contributed by atoms with van der Waals surface area (Å²) in [6.07, 6.45) is 6.32. The highest BCUT2D eigenvalue weighted by Crippen LogP contribution is 2.16. The first-order chi connectivity index (χ1) is 8.36. The van der Waals surface area contributed by atoms with Gasteiger partial charge in [0, 0.05) is 11.9 Å². The van der Waals surface area contributed by atoms with E-state index < -0.39 is 0 Å². The third kappa shape index (κ3) is 6.76. The molecular weight excluding hydrogens is 230 g/mol. The predicted octanol–water partition coefficient (Wildman–Crippen LogP) is 2.78. The summed E-state index contributed by atoms with van der Waals surface area (Å²) in [5.74, 6) is 0.825. The lowest BCUT2D eigenvalue weighted by molar-refractivity contribution is 0.403. The molecule has 1 rings (SSSR count). The Balaban J connectivity index is 2.01. The Morgan fingerprint density at radius 3 is 2.94 bits per heavy atom. The largest absolute Gasteiger partial charge is 0.330 e. The number of thiazole rings is 1. The van der Waals surface area contributed by atoms with Crippen molar-refractivity contribution in [2.75, 3.05) is 13.1 Å². The van der Waals surface area contributed by atoms with Gasteiger partial charge < -0.3 is 11.1 Å². The number of aromatic nitrogens is 1. The summed E-state index contributed by atoms with van der Waals surface area (Å²) in [6.45, 7) is 5.07. The van der Waals surface area contributed by atoms with Crippen LogP contribution < -0.4 is 11.1 Å². The molecule has 0 saturated carbocycles. The van der Waals surface area contributed by atoms with Gasteiger partial charge in [-0.1, -0.05) is 19.8 Å². The molecule has 0 spiro atoms. The summed E-state index contributed by atoms with van der Waals surface area (Å²) in [7, 11) is 0. The zero-order valence-corrected chi connectivity index (χ0v) is 11.6. The molecule has 98 valence electrons. The van der Waals surface area contributed by atoms with E-state index in [2.05, 4.69) is 22.6 Å². The van der Waals surface area contributed by atoms with E-state index in [1.807, 2.05) is 5.51 Å². The summed E-state index contributed by atoms with van der Waals surface area (Å²) in [5, 5.41) is 5.54. The maximum atomic E-state index is 5.63. The second-order valence-electron chi connectivity index (χ2n) is 4.53. The van der Waals surface area contributed by atoms with Crippen LogP contribution in [0.1, 0.15) is 44.7 Å². The summed E-state index contributed by atoms with van der Waals surface area (Å²) >= 11 is 1.66. The quantitative estimate of drug-likeness (QED) is 0.632. The summed E-state index contributed by atoms with van der Waals surface area (Å²) in [6, 6.07) is 0. The van der Waals surface area contributed by atoms with Crippen LogP contribution in [0.3, 0.4) is 0 Å². The number of nitrogens with zero attached hydrogens (tertiary/aromatic N) is 1. The molecule has 0 saturated heterocycles. The van der Waals surface area contributed by atoms with Crippen LogP contribution in [0, 0.1) is 5.92 Å². The molecule has 0 aliphatic carbocycles. The SMILES string of the molecule is CCCC(CCN)CCCNCc1cscn1. The minimum Gasteiger partial charge on any atom is -0.330 e. The van der Waals surface area contributed by atoms with E-state index in [9.17, 15) is 0 Å². The van der Waals surface area contributed by atoms with Crippen LogP contribution in [-0.4, -0.2) is 18.1 Å². The van der Waals surface area contributed by atoms with E-state index >= 15 is 0 Å². The maximum absolute atomic E-state index is 5.63. The molecule has 1 unspecified atom stereocenters. The number of hydrogen-bond acceptors (Lipinski definition) is 4. The topological polar surface area (TPSA) is 50.9 Å². The van der Waals surface area contributed by atoms with Crippen LogP contribution in [0.2, 0.25) is 0 Å². The molecule has 4 heteroatoms. The molecular formula is C13H25N3S. The first kappa shape index (κ1) is 14.6. The van der Waals surface area contributed by atoms with Crippen molar-refractivity contribution >= 4 is 11.3 Å². The average Bonchev–Trinajstić information content (AvgIpc) is 2.82. The van der Waals surface area contributed by atoms with Crippen LogP contribution in [0.4, 0.5) is 0 Å². The van der Waals surface area contributed by atoms with Crippen molar-refractivity contribution < 1.29 is 0 Å². The van der Waals surface area contributed by atoms with Crippen molar-refractivity contribution in [2.45, 2.75) is 45.6 Å². The van der Waals surface area contributed by atoms with Gasteiger partial charge in [-0.2, -0.15) is 0 Å². The van der Waals surface area contributed by atoms with E-state index in [1.54, 1.807) is 11.3 Å². The van der Waals surface area contributed by atoms with Gasteiger partial charge in [0.05, 0.1) is 11.2 Å². The van der Waals surface area contributed by atoms with Crippen LogP contribution in [0.15, 0.2) is 10.9 Å². The molecule has 0 radical (unpaired) electrons. The Morgan fingerprint density at radius 2 is 2.29 bits per heavy atom. The molecule has 0 fully saturated rings. The Hall–Kier alpha value is -0.450. The number of rotatable bonds is 10. The zero-order valence-electron chi connectivity index (χ0n) is 10.8. The van der Waals surface area contributed by atoms with Gasteiger partial charge in [0.15, 0.2) is 0 Å². The number of nitrogens with one attached hydrogen (secondary N) is 1. The molecule has 17 heavy (non-hydrogen) atoms. The lowest BCUT2D eigenvalue weighted by atomic mass is 9.94. The van der Waals surface area contributed by atoms with E-state index in [4.69, 9.17) is 5.73 Å². The average molecular weight is 255 g/mol. The monoisotopic (exact) mass is 255 g/mol. The molecule has 3 N–H and O–H groups in total. The van der Waals surface area contributed by atoms with Crippen molar-refractivity contribution in [1.82, 2.24) is 10.3 Å². The van der Waals surface area contributed by atoms with Crippen molar-refractivity contribution in [3.05, 3.63) is 16.6 Å². The molecule has 1 aromatic heterocycles. The second-order valence-corrected chi connectivity index (χ2v) is 5.25. The van der Waals surface area contributed by atoms with E-state index in [1.165, 1.54) is 32.1 Å². The fraction of sp³-hybridized carbons (Fsp3) is 0.769. The summed E-state index contributed by atoms with van der Waals surface area (Å²) < 4.78 is 0. The van der Waals surface area contributed by atoms with Gasteiger partial charge in [0.1, 0.15) is 0 Å². The summed E-state index contributed by atoms with van der Waals surface area (Å²) in [4.78, 5) is 4.25. The standard InChI is InChI=1S/C13H25N3S/c1-2-4-12(6-7-14)5-3-8-15-9-13-10-17-11-16-13/h10-12,15H,2-9,14H2,1H3. The van der Waals surface area contributed by atoms with E-state index in [0.717, 1.165) is 31.2 Å². The smallest absolute Gasteiger partial charge is 0.0795 e. The van der Waals surface area contributed by atoms with Crippen LogP contribution in [-0.2, 0) is 6.54 Å². The molecule has 0 amide bonds. The molecule has 1 atom stereocenters. The first-order valence-corrected chi connectivity index (χ1v) is 7.59. The van der Waals surface area contributed by atoms with Gasteiger partial charge in [-0.25, -0.2) is 4.98 Å². The van der Waals surface area contributed by atoms with Gasteiger partial charge in [-0.15, -0.1) is 11.3 Å². The zero-order chi connectivity index (χ0) is 12.3. The Morgan fingerprint density at radius 1 is 1.41 bits per heavy atom. The van der Waals surface area contributed by atoms with Crippen LogP contribution in [0.5, 0.6) is 0 Å². The highest BCUT2D eigenvalue weighted by atomic mass is 32.1. The van der Waals surface area contributed by atoms with Crippen LogP contribution >= 0.6 is 11.3 Å². The lowest BCUT2D eigenvalue weighted by Gasteiger charge is -2.14. The second kappa shape index (κ2) is 9.57. The third-order valence-electron chi connectivity index (χ3n) is 3.03. The minimum atomic E-state index is 0.825. The number of nitrogens with two attached hydrogens (primary N) is 1. The highest BCUT2D eigenvalue weighted by molar-refractivity contribution is 7.07. The normalized spacial score (nSPS) is 12.8. The molecule has 0 bridgehead atoms. The minimum absolute atomic E-state index is 0.825. The Labute approximate surface area is 109 Å². The van der Waals surface area contributed by atoms with Crippen LogP contribution in [0.25, 0.3) is 0 Å². The Kier molecular flexibility index (Phi) is 8.22. The molecule has 0 aliphatic rings. The first-order valence-electron chi connectivity index (χ1n) is 6.64. The lowest BCUT2D eigenvalue weighted by Crippen LogP contribution is -2.17. The fourth-order valence-corrected chi connectivity index (χ4v) is 2.69. The molecule has 3 nitrogen and oxygen atoms in total. The summed E-state index contributed by atoms with van der Waals surface area (Å²) in [5.41, 5.74) is 8.67. The van der Waals surface area contributed by atoms with Gasteiger partial charge >= 0.3 is 0 Å². The molecule has 1 aromatic rings. The van der Waals surface area contributed by atoms with Crippen molar-refractivity contribution in [3.8, 4) is 0 Å². The van der Waals surface area contributed by atoms with Crippen molar-refractivity contribution in [1.29, 1.82) is 0 Å². The number of hydrogen-bond donors (Lipinski definition) is 2. The fourth-order valence-electron chi connectivity index (χ4n) is 2.13. The van der Waals surface area contributed by atoms with E-state index in [0.29, 0.717) is 0 Å². The molecule has 0 aliphatic heterocycles. The highest BCUT2D eigenvalue weighted by Gasteiger charge is 2.06. The maximum Gasteiger partial charge on any atom is 0.0795 e. The van der Waals surface area contributed by atoms with Gasteiger partial charge in [-0.3, -0.25) is 0 Å². The van der Waals surface area contributed by atoms with Gasteiger partial charge in [0.25, 0.3) is 0 Å².